The van der Waals surface area contributed by atoms with E-state index in [4.69, 9.17) is 4.74 Å². The van der Waals surface area contributed by atoms with Crippen LogP contribution in [0.25, 0.3) is 5.69 Å². The van der Waals surface area contributed by atoms with Gasteiger partial charge in [-0.3, -0.25) is 9.59 Å². The number of nitrogens with zero attached hydrogens (tertiary/aromatic N) is 6. The molecule has 1 atom stereocenters. The Bertz CT molecular complexity index is 1150. The van der Waals surface area contributed by atoms with Gasteiger partial charge in [-0.1, -0.05) is 35.2 Å². The number of hydrogen-bond acceptors (Lipinski definition) is 8. The van der Waals surface area contributed by atoms with Crippen LogP contribution in [0, 0.1) is 19.8 Å². The number of benzene rings is 1. The van der Waals surface area contributed by atoms with Crippen LogP contribution < -0.4 is 0 Å². The zero-order chi connectivity index (χ0) is 24.1. The normalized spacial score (nSPS) is 15.9. The lowest BCUT2D eigenvalue weighted by Gasteiger charge is -2.31. The summed E-state index contributed by atoms with van der Waals surface area (Å²) >= 11 is 1.44. The van der Waals surface area contributed by atoms with Crippen LogP contribution >= 0.6 is 11.8 Å². The number of esters is 1. The summed E-state index contributed by atoms with van der Waals surface area (Å²) in [5, 5.41) is 9.22. The summed E-state index contributed by atoms with van der Waals surface area (Å²) in [6, 6.07) is 11.5. The van der Waals surface area contributed by atoms with Crippen LogP contribution in [0.5, 0.6) is 0 Å². The third kappa shape index (κ3) is 5.44. The summed E-state index contributed by atoms with van der Waals surface area (Å²) < 4.78 is 6.87. The van der Waals surface area contributed by atoms with Crippen LogP contribution in [-0.4, -0.2) is 61.4 Å². The molecular formula is C24H28N6O3S. The van der Waals surface area contributed by atoms with Gasteiger partial charge in [-0.05, 0) is 51.8 Å². The Kier molecular flexibility index (Phi) is 7.56. The number of ether oxygens (including phenoxy) is 1. The molecule has 34 heavy (non-hydrogen) atoms. The Hall–Kier alpha value is -3.27. The van der Waals surface area contributed by atoms with Crippen molar-refractivity contribution in [3.63, 3.8) is 0 Å². The average molecular weight is 481 g/mol. The van der Waals surface area contributed by atoms with Crippen LogP contribution in [0.3, 0.4) is 0 Å². The van der Waals surface area contributed by atoms with Crippen molar-refractivity contribution in [2.24, 2.45) is 5.92 Å². The first-order valence-electron chi connectivity index (χ1n) is 11.4. The topological polar surface area (TPSA) is 103 Å². The minimum Gasteiger partial charge on any atom is -0.466 e. The lowest BCUT2D eigenvalue weighted by Crippen LogP contribution is -2.43. The average Bonchev–Trinajstić information content (AvgIpc) is 3.26. The number of carbonyl (C=O) groups excluding carboxylic acids is 2. The summed E-state index contributed by atoms with van der Waals surface area (Å²) in [4.78, 5) is 36.5. The maximum Gasteiger partial charge on any atom is 0.310 e. The summed E-state index contributed by atoms with van der Waals surface area (Å²) in [5.41, 5.74) is 3.54. The van der Waals surface area contributed by atoms with Crippen molar-refractivity contribution in [1.29, 1.82) is 0 Å². The maximum atomic E-state index is 13.5. The molecule has 10 heteroatoms. The number of aryl methyl sites for hydroxylation is 2. The van der Waals surface area contributed by atoms with Gasteiger partial charge in [0, 0.05) is 30.2 Å². The van der Waals surface area contributed by atoms with Crippen molar-refractivity contribution in [3.8, 4) is 5.69 Å². The highest BCUT2D eigenvalue weighted by Crippen LogP contribution is 2.26. The first-order valence-corrected chi connectivity index (χ1v) is 12.4. The highest BCUT2D eigenvalue weighted by Gasteiger charge is 2.32. The summed E-state index contributed by atoms with van der Waals surface area (Å²) in [7, 11) is 0. The number of para-hydroxylation sites is 1. The van der Waals surface area contributed by atoms with E-state index in [-0.39, 0.29) is 23.5 Å². The Balaban J connectivity index is 1.62. The Morgan fingerprint density at radius 3 is 2.59 bits per heavy atom. The van der Waals surface area contributed by atoms with Gasteiger partial charge in [0.25, 0.3) is 5.91 Å². The number of thioether (sulfide) groups is 1. The molecule has 0 N–H and O–H groups in total. The molecule has 3 aromatic rings. The van der Waals surface area contributed by atoms with Gasteiger partial charge in [-0.25, -0.2) is 14.6 Å². The van der Waals surface area contributed by atoms with E-state index in [0.717, 1.165) is 23.5 Å². The zero-order valence-electron chi connectivity index (χ0n) is 19.6. The van der Waals surface area contributed by atoms with Crippen molar-refractivity contribution >= 4 is 23.6 Å². The van der Waals surface area contributed by atoms with Gasteiger partial charge in [-0.2, -0.15) is 0 Å². The number of carbonyl (C=O) groups is 2. The fourth-order valence-corrected chi connectivity index (χ4v) is 4.97. The van der Waals surface area contributed by atoms with Gasteiger partial charge in [0.05, 0.1) is 23.9 Å². The second-order valence-corrected chi connectivity index (χ2v) is 9.14. The number of piperidine rings is 1. The third-order valence-corrected chi connectivity index (χ3v) is 6.45. The van der Waals surface area contributed by atoms with E-state index in [0.29, 0.717) is 42.7 Å². The molecule has 1 aliphatic heterocycles. The molecule has 1 unspecified atom stereocenters. The SMILES string of the molecule is CCOC(=O)C1CCCN(C(=O)c2nnn(-c3ccccc3)c2CSc2nc(C)cc(C)n2)C1. The Labute approximate surface area is 202 Å². The minimum absolute atomic E-state index is 0.229. The first kappa shape index (κ1) is 23.9. The van der Waals surface area contributed by atoms with Gasteiger partial charge < -0.3 is 9.64 Å². The van der Waals surface area contributed by atoms with Crippen molar-refractivity contribution in [3.05, 3.63) is 59.2 Å². The summed E-state index contributed by atoms with van der Waals surface area (Å²) in [6.45, 7) is 6.87. The Morgan fingerprint density at radius 2 is 1.88 bits per heavy atom. The summed E-state index contributed by atoms with van der Waals surface area (Å²) in [5.74, 6) is -0.381. The number of amides is 1. The number of aromatic nitrogens is 5. The van der Waals surface area contributed by atoms with Crippen molar-refractivity contribution in [2.45, 2.75) is 44.5 Å². The number of rotatable bonds is 7. The zero-order valence-corrected chi connectivity index (χ0v) is 20.4. The molecule has 4 rings (SSSR count). The van der Waals surface area contributed by atoms with Crippen molar-refractivity contribution in [1.82, 2.24) is 29.9 Å². The first-order chi connectivity index (χ1) is 16.5. The van der Waals surface area contributed by atoms with Gasteiger partial charge in [-0.15, -0.1) is 5.10 Å². The van der Waals surface area contributed by atoms with E-state index in [2.05, 4.69) is 20.3 Å². The lowest BCUT2D eigenvalue weighted by atomic mass is 9.98. The molecule has 0 saturated carbocycles. The third-order valence-electron chi connectivity index (χ3n) is 5.59. The van der Waals surface area contributed by atoms with Crippen LogP contribution in [0.15, 0.2) is 41.6 Å². The molecule has 1 amide bonds. The predicted octanol–water partition coefficient (Wildman–Crippen LogP) is 3.38. The van der Waals surface area contributed by atoms with E-state index in [1.807, 2.05) is 50.2 Å². The molecule has 1 aromatic carbocycles. The summed E-state index contributed by atoms with van der Waals surface area (Å²) in [6.07, 6.45) is 1.45. The minimum atomic E-state index is -0.316. The molecule has 178 valence electrons. The standard InChI is InChI=1S/C24H28N6O3S/c1-4-33-23(32)18-9-8-12-29(14-18)22(31)21-20(15-34-24-25-16(2)13-17(3)26-24)30(28-27-21)19-10-6-5-7-11-19/h5-7,10-11,13,18H,4,8-9,12,14-15H2,1-3H3. The molecule has 1 saturated heterocycles. The second kappa shape index (κ2) is 10.8. The molecule has 1 aliphatic rings. The predicted molar refractivity (Wildman–Crippen MR) is 128 cm³/mol. The van der Waals surface area contributed by atoms with Gasteiger partial charge in [0.2, 0.25) is 0 Å². The van der Waals surface area contributed by atoms with Crippen LogP contribution in [0.4, 0.5) is 0 Å². The molecule has 3 heterocycles. The van der Waals surface area contributed by atoms with Crippen LogP contribution in [0.1, 0.15) is 47.3 Å². The highest BCUT2D eigenvalue weighted by atomic mass is 32.2. The lowest BCUT2D eigenvalue weighted by molar-refractivity contribution is -0.149. The van der Waals surface area contributed by atoms with Gasteiger partial charge in [0.1, 0.15) is 0 Å². The molecule has 9 nitrogen and oxygen atoms in total. The molecule has 1 fully saturated rings. The highest BCUT2D eigenvalue weighted by molar-refractivity contribution is 7.98. The monoisotopic (exact) mass is 480 g/mol. The largest absolute Gasteiger partial charge is 0.466 e. The van der Waals surface area contributed by atoms with Crippen LogP contribution in [0.2, 0.25) is 0 Å². The van der Waals surface area contributed by atoms with Gasteiger partial charge in [0.15, 0.2) is 10.9 Å². The molecule has 0 spiro atoms. The second-order valence-electron chi connectivity index (χ2n) is 8.20. The quantitative estimate of drug-likeness (QED) is 0.288. The van der Waals surface area contributed by atoms with Crippen LogP contribution in [-0.2, 0) is 15.3 Å². The van der Waals surface area contributed by atoms with E-state index >= 15 is 0 Å². The molecule has 0 aliphatic carbocycles. The van der Waals surface area contributed by atoms with E-state index in [9.17, 15) is 9.59 Å². The number of hydrogen-bond donors (Lipinski definition) is 0. The maximum absolute atomic E-state index is 13.5. The van der Waals surface area contributed by atoms with Crippen molar-refractivity contribution < 1.29 is 14.3 Å². The number of likely N-dealkylation sites (tertiary alicyclic amines) is 1. The van der Waals surface area contributed by atoms with Gasteiger partial charge >= 0.3 is 5.97 Å². The van der Waals surface area contributed by atoms with Crippen molar-refractivity contribution in [2.75, 3.05) is 19.7 Å². The molecular weight excluding hydrogens is 452 g/mol. The molecule has 2 aromatic heterocycles. The fraction of sp³-hybridized carbons (Fsp3) is 0.417. The van der Waals surface area contributed by atoms with E-state index in [1.165, 1.54) is 11.8 Å². The molecule has 0 radical (unpaired) electrons. The van der Waals surface area contributed by atoms with E-state index < -0.39 is 0 Å². The Morgan fingerprint density at radius 1 is 1.15 bits per heavy atom. The molecule has 0 bridgehead atoms. The smallest absolute Gasteiger partial charge is 0.310 e. The van der Waals surface area contributed by atoms with E-state index in [1.54, 1.807) is 16.5 Å². The fourth-order valence-electron chi connectivity index (χ4n) is 4.03.